The Bertz CT molecular complexity index is 56.3. The topological polar surface area (TPSA) is 12.4 Å². The van der Waals surface area contributed by atoms with Gasteiger partial charge in [0.25, 0.3) is 0 Å². The van der Waals surface area contributed by atoms with E-state index in [0.29, 0.717) is 0 Å². The van der Waals surface area contributed by atoms with Gasteiger partial charge in [-0.3, -0.25) is 0 Å². The molecular weight excluding hydrogens is 142 g/mol. The molecule has 0 aromatic heterocycles. The lowest BCUT2D eigenvalue weighted by Crippen LogP contribution is -1.47. The van der Waals surface area contributed by atoms with Crippen LogP contribution in [0.1, 0.15) is 20.8 Å². The predicted octanol–water partition coefficient (Wildman–Crippen LogP) is 3.23. The third kappa shape index (κ3) is 114. The Morgan fingerprint density at radius 2 is 1.60 bits per heavy atom. The van der Waals surface area contributed by atoms with Crippen molar-refractivity contribution in [3.8, 4) is 0 Å². The van der Waals surface area contributed by atoms with Crippen LogP contribution in [0.25, 0.3) is 0 Å². The third-order valence-electron chi connectivity index (χ3n) is 0.425. The largest absolute Gasteiger partial charge is 0.301 e. The molecule has 0 aromatic rings. The summed E-state index contributed by atoms with van der Waals surface area (Å²) in [6.07, 6.45) is 3.73. The van der Waals surface area contributed by atoms with Crippen LogP contribution in [-0.4, -0.2) is 19.5 Å². The molecule has 0 unspecified atom stereocenters. The summed E-state index contributed by atoms with van der Waals surface area (Å²) in [5.74, 6) is 0. The minimum absolute atomic E-state index is 1.62. The average molecular weight is 161 g/mol. The molecule has 0 amide bonds. The maximum absolute atomic E-state index is 3.61. The van der Waals surface area contributed by atoms with E-state index < -0.39 is 0 Å². The van der Waals surface area contributed by atoms with Gasteiger partial charge in [-0.05, 0) is 24.8 Å². The molecule has 0 spiro atoms. The van der Waals surface area contributed by atoms with Gasteiger partial charge in [0, 0.05) is 7.05 Å². The first-order valence-electron chi connectivity index (χ1n) is 3.33. The average Bonchev–Trinajstić information content (AvgIpc) is 2.08. The lowest BCUT2D eigenvalue weighted by Gasteiger charge is -1.59. The van der Waals surface area contributed by atoms with E-state index in [2.05, 4.69) is 11.6 Å². The third-order valence-corrected chi connectivity index (χ3v) is 0.758. The van der Waals surface area contributed by atoms with E-state index in [4.69, 9.17) is 0 Å². The zero-order valence-corrected chi connectivity index (χ0v) is 8.53. The van der Waals surface area contributed by atoms with E-state index in [1.807, 2.05) is 27.0 Å². The van der Waals surface area contributed by atoms with Crippen molar-refractivity contribution < 1.29 is 0 Å². The Kier molecular flexibility index (Phi) is 61.2. The van der Waals surface area contributed by atoms with Gasteiger partial charge in [0.15, 0.2) is 0 Å². The number of aliphatic imine (C=N–C) groups is 1. The number of thioether (sulfide) groups is 1. The SMILES string of the molecule is C=CSC.CC.CC=NC. The summed E-state index contributed by atoms with van der Waals surface area (Å²) in [4.78, 5) is 3.61. The van der Waals surface area contributed by atoms with Crippen LogP contribution in [0.5, 0.6) is 0 Å². The van der Waals surface area contributed by atoms with Crippen molar-refractivity contribution in [3.63, 3.8) is 0 Å². The first-order valence-corrected chi connectivity index (χ1v) is 4.62. The Hall–Kier alpha value is -0.240. The molecule has 10 heavy (non-hydrogen) atoms. The molecular formula is C8H19NS. The number of rotatable bonds is 1. The minimum atomic E-state index is 1.62. The molecule has 62 valence electrons. The minimum Gasteiger partial charge on any atom is -0.301 e. The van der Waals surface area contributed by atoms with Crippen LogP contribution in [0.3, 0.4) is 0 Å². The zero-order valence-electron chi connectivity index (χ0n) is 7.72. The lowest BCUT2D eigenvalue weighted by atomic mass is 10.9. The Morgan fingerprint density at radius 3 is 1.60 bits per heavy atom. The van der Waals surface area contributed by atoms with Crippen molar-refractivity contribution in [1.29, 1.82) is 0 Å². The Labute approximate surface area is 69.6 Å². The molecule has 0 saturated heterocycles. The van der Waals surface area contributed by atoms with Gasteiger partial charge in [-0.15, -0.1) is 11.8 Å². The molecule has 0 aromatic carbocycles. The summed E-state index contributed by atoms with van der Waals surface area (Å²) in [5.41, 5.74) is 0. The predicted molar refractivity (Wildman–Crippen MR) is 55.2 cm³/mol. The second-order valence-corrected chi connectivity index (χ2v) is 1.72. The van der Waals surface area contributed by atoms with Crippen LogP contribution in [0.2, 0.25) is 0 Å². The van der Waals surface area contributed by atoms with Gasteiger partial charge >= 0.3 is 0 Å². The van der Waals surface area contributed by atoms with Crippen molar-refractivity contribution in [3.05, 3.63) is 12.0 Å². The van der Waals surface area contributed by atoms with Crippen LogP contribution in [0.4, 0.5) is 0 Å². The van der Waals surface area contributed by atoms with E-state index in [9.17, 15) is 0 Å². The molecule has 0 N–H and O–H groups in total. The highest BCUT2D eigenvalue weighted by Crippen LogP contribution is 1.85. The number of hydrogen-bond donors (Lipinski definition) is 0. The molecule has 0 fully saturated rings. The van der Waals surface area contributed by atoms with Crippen molar-refractivity contribution in [2.75, 3.05) is 13.3 Å². The van der Waals surface area contributed by atoms with E-state index in [1.165, 1.54) is 0 Å². The van der Waals surface area contributed by atoms with Crippen molar-refractivity contribution in [2.24, 2.45) is 4.99 Å². The van der Waals surface area contributed by atoms with Gasteiger partial charge in [0.1, 0.15) is 0 Å². The van der Waals surface area contributed by atoms with Crippen LogP contribution in [0.15, 0.2) is 17.0 Å². The van der Waals surface area contributed by atoms with Gasteiger partial charge < -0.3 is 4.99 Å². The molecule has 0 atom stereocenters. The monoisotopic (exact) mass is 161 g/mol. The van der Waals surface area contributed by atoms with Crippen LogP contribution in [-0.2, 0) is 0 Å². The Morgan fingerprint density at radius 1 is 1.40 bits per heavy atom. The summed E-state index contributed by atoms with van der Waals surface area (Å²) in [6.45, 7) is 9.33. The molecule has 0 bridgehead atoms. The van der Waals surface area contributed by atoms with E-state index in [0.717, 1.165) is 0 Å². The van der Waals surface area contributed by atoms with Crippen molar-refractivity contribution in [2.45, 2.75) is 20.8 Å². The number of hydrogen-bond acceptors (Lipinski definition) is 2. The molecule has 0 rings (SSSR count). The molecule has 1 nitrogen and oxygen atoms in total. The molecule has 0 heterocycles. The normalized spacial score (nSPS) is 6.90. The van der Waals surface area contributed by atoms with Gasteiger partial charge in [-0.2, -0.15) is 0 Å². The van der Waals surface area contributed by atoms with E-state index >= 15 is 0 Å². The van der Waals surface area contributed by atoms with Gasteiger partial charge in [0.2, 0.25) is 0 Å². The van der Waals surface area contributed by atoms with Gasteiger partial charge in [-0.1, -0.05) is 20.4 Å². The quantitative estimate of drug-likeness (QED) is 0.538. The molecule has 0 radical (unpaired) electrons. The summed E-state index contributed by atoms with van der Waals surface area (Å²) >= 11 is 1.62. The maximum Gasteiger partial charge on any atom is 0.0273 e. The molecule has 2 heteroatoms. The summed E-state index contributed by atoms with van der Waals surface area (Å²) < 4.78 is 0. The summed E-state index contributed by atoms with van der Waals surface area (Å²) in [6, 6.07) is 0. The summed E-state index contributed by atoms with van der Waals surface area (Å²) in [5, 5.41) is 1.79. The number of nitrogens with zero attached hydrogens (tertiary/aromatic N) is 1. The van der Waals surface area contributed by atoms with Gasteiger partial charge in [-0.25, -0.2) is 0 Å². The zero-order chi connectivity index (χ0) is 8.83. The van der Waals surface area contributed by atoms with Crippen LogP contribution >= 0.6 is 11.8 Å². The molecule has 0 aliphatic rings. The molecule has 0 aliphatic carbocycles. The highest BCUT2D eigenvalue weighted by Gasteiger charge is 1.43. The van der Waals surface area contributed by atoms with Gasteiger partial charge in [0.05, 0.1) is 0 Å². The smallest absolute Gasteiger partial charge is 0.0273 e. The van der Waals surface area contributed by atoms with Crippen LogP contribution < -0.4 is 0 Å². The standard InChI is InChI=1S/C3H7N.C3H6S.C2H6/c2*1-3-4-2;1-2/h3H,1-2H3;3H,1H2,2H3;1-2H3. The summed E-state index contributed by atoms with van der Waals surface area (Å²) in [7, 11) is 1.75. The fraction of sp³-hybridized carbons (Fsp3) is 0.625. The molecule has 0 aliphatic heterocycles. The van der Waals surface area contributed by atoms with E-state index in [1.54, 1.807) is 30.4 Å². The fourth-order valence-electron chi connectivity index (χ4n) is 0. The Balaban J connectivity index is -0.0000000787. The fourth-order valence-corrected chi connectivity index (χ4v) is 0. The van der Waals surface area contributed by atoms with Crippen molar-refractivity contribution in [1.82, 2.24) is 0 Å². The second kappa shape index (κ2) is 37.3. The molecule has 0 saturated carbocycles. The van der Waals surface area contributed by atoms with Crippen molar-refractivity contribution >= 4 is 18.0 Å². The highest BCUT2D eigenvalue weighted by molar-refractivity contribution is 8.01. The lowest BCUT2D eigenvalue weighted by molar-refractivity contribution is 1.46. The van der Waals surface area contributed by atoms with Crippen LogP contribution in [0, 0.1) is 0 Å². The van der Waals surface area contributed by atoms with E-state index in [-0.39, 0.29) is 0 Å². The second-order valence-electron chi connectivity index (χ2n) is 0.919. The first-order chi connectivity index (χ1) is 4.83. The maximum atomic E-state index is 3.61. The highest BCUT2D eigenvalue weighted by atomic mass is 32.2. The first kappa shape index (κ1) is 16.4.